The van der Waals surface area contributed by atoms with E-state index in [1.54, 1.807) is 6.20 Å². The number of pyridine rings is 1. The van der Waals surface area contributed by atoms with Crippen LogP contribution >= 0.6 is 11.6 Å². The molecule has 3 aromatic rings. The van der Waals surface area contributed by atoms with Crippen molar-refractivity contribution in [1.29, 1.82) is 0 Å². The molecule has 0 radical (unpaired) electrons. The maximum Gasteiger partial charge on any atom is 0.410 e. The molecule has 0 spiro atoms. The highest BCUT2D eigenvalue weighted by Gasteiger charge is 2.28. The molecule has 1 aliphatic heterocycles. The second-order valence-corrected chi connectivity index (χ2v) is 11.8. The van der Waals surface area contributed by atoms with Gasteiger partial charge in [-0.25, -0.2) is 4.79 Å². The van der Waals surface area contributed by atoms with Crippen LogP contribution in [0.2, 0.25) is 5.02 Å². The number of carbonyl (C=O) groups is 1. The van der Waals surface area contributed by atoms with Gasteiger partial charge >= 0.3 is 6.09 Å². The SMILES string of the molecule is Cc1cc(C(C[C@H](c2ccc(C3CCN(C(=O)OC(C)(C)C)CC3)cc2)c2ccc(Cl)cc2C)=NO)ccn1. The summed E-state index contributed by atoms with van der Waals surface area (Å²) in [6, 6.07) is 18.5. The zero-order valence-corrected chi connectivity index (χ0v) is 24.2. The van der Waals surface area contributed by atoms with E-state index in [0.717, 1.165) is 40.8 Å². The first-order valence-corrected chi connectivity index (χ1v) is 13.9. The molecule has 1 aromatic heterocycles. The lowest BCUT2D eigenvalue weighted by atomic mass is 9.82. The molecule has 206 valence electrons. The quantitative estimate of drug-likeness (QED) is 0.193. The number of oxime groups is 1. The largest absolute Gasteiger partial charge is 0.444 e. The number of benzene rings is 2. The Morgan fingerprint density at radius 3 is 2.38 bits per heavy atom. The van der Waals surface area contributed by atoms with E-state index >= 15 is 0 Å². The first kappa shape index (κ1) is 28.6. The second-order valence-electron chi connectivity index (χ2n) is 11.4. The van der Waals surface area contributed by atoms with Gasteiger partial charge in [0.15, 0.2) is 0 Å². The number of ether oxygens (including phenoxy) is 1. The number of carbonyl (C=O) groups excluding carboxylic acids is 1. The average molecular weight is 548 g/mol. The van der Waals surface area contributed by atoms with Gasteiger partial charge in [-0.3, -0.25) is 4.98 Å². The van der Waals surface area contributed by atoms with Gasteiger partial charge in [0.1, 0.15) is 5.60 Å². The smallest absolute Gasteiger partial charge is 0.410 e. The molecule has 6 nitrogen and oxygen atoms in total. The molecule has 1 N–H and O–H groups in total. The Bertz CT molecular complexity index is 1320. The maximum absolute atomic E-state index is 12.5. The van der Waals surface area contributed by atoms with Crippen LogP contribution in [0.15, 0.2) is 65.9 Å². The topological polar surface area (TPSA) is 75.0 Å². The number of aryl methyl sites for hydroxylation is 2. The van der Waals surface area contributed by atoms with Gasteiger partial charge in [0.25, 0.3) is 0 Å². The number of rotatable bonds is 6. The van der Waals surface area contributed by atoms with Crippen molar-refractivity contribution in [3.05, 3.63) is 99.3 Å². The van der Waals surface area contributed by atoms with E-state index in [-0.39, 0.29) is 12.0 Å². The van der Waals surface area contributed by atoms with E-state index in [9.17, 15) is 10.0 Å². The van der Waals surface area contributed by atoms with Crippen LogP contribution in [-0.4, -0.2) is 45.6 Å². The summed E-state index contributed by atoms with van der Waals surface area (Å²) in [4.78, 5) is 18.5. The van der Waals surface area contributed by atoms with Crippen LogP contribution in [0.1, 0.15) is 85.4 Å². The number of halogens is 1. The third-order valence-corrected chi connectivity index (χ3v) is 7.55. The maximum atomic E-state index is 12.5. The summed E-state index contributed by atoms with van der Waals surface area (Å²) in [5.74, 6) is 0.368. The molecular formula is C32H38ClN3O3. The molecule has 1 amide bonds. The third-order valence-electron chi connectivity index (χ3n) is 7.31. The summed E-state index contributed by atoms with van der Waals surface area (Å²) in [6.45, 7) is 11.1. The van der Waals surface area contributed by atoms with Gasteiger partial charge in [-0.2, -0.15) is 0 Å². The van der Waals surface area contributed by atoms with Crippen molar-refractivity contribution < 1.29 is 14.7 Å². The standard InChI is InChI=1S/C32H38ClN3O3/c1-21-18-27(33)10-11-28(21)29(20-30(35-38)26-12-15-34-22(2)19-26)25-8-6-23(7-9-25)24-13-16-36(17-14-24)31(37)39-32(3,4)5/h6-12,15,18-19,24,29,38H,13-14,16-17,20H2,1-5H3/t29-/m1/s1. The van der Waals surface area contributed by atoms with Crippen molar-refractivity contribution in [2.24, 2.45) is 5.16 Å². The van der Waals surface area contributed by atoms with Crippen LogP contribution in [0.5, 0.6) is 0 Å². The number of likely N-dealkylation sites (tertiary alicyclic amines) is 1. The Labute approximate surface area is 236 Å². The minimum Gasteiger partial charge on any atom is -0.444 e. The first-order chi connectivity index (χ1) is 18.5. The lowest BCUT2D eigenvalue weighted by Gasteiger charge is -2.33. The van der Waals surface area contributed by atoms with Crippen LogP contribution in [-0.2, 0) is 4.74 Å². The monoisotopic (exact) mass is 547 g/mol. The van der Waals surface area contributed by atoms with Gasteiger partial charge in [-0.1, -0.05) is 47.1 Å². The van der Waals surface area contributed by atoms with Crippen molar-refractivity contribution in [3.63, 3.8) is 0 Å². The summed E-state index contributed by atoms with van der Waals surface area (Å²) in [7, 11) is 0. The Balaban J connectivity index is 1.55. The molecule has 0 aliphatic carbocycles. The van der Waals surface area contributed by atoms with E-state index in [2.05, 4.69) is 47.4 Å². The zero-order chi connectivity index (χ0) is 28.2. The number of amides is 1. The number of nitrogens with zero attached hydrogens (tertiary/aromatic N) is 3. The van der Waals surface area contributed by atoms with Crippen LogP contribution in [0.25, 0.3) is 0 Å². The number of hydrogen-bond donors (Lipinski definition) is 1. The molecule has 1 saturated heterocycles. The third kappa shape index (κ3) is 7.39. The van der Waals surface area contributed by atoms with Crippen molar-refractivity contribution in [3.8, 4) is 0 Å². The highest BCUT2D eigenvalue weighted by molar-refractivity contribution is 6.30. The lowest BCUT2D eigenvalue weighted by Crippen LogP contribution is -2.41. The van der Waals surface area contributed by atoms with Crippen LogP contribution in [0, 0.1) is 13.8 Å². The molecule has 7 heteroatoms. The molecular weight excluding hydrogens is 510 g/mol. The second kappa shape index (κ2) is 12.2. The zero-order valence-electron chi connectivity index (χ0n) is 23.4. The Morgan fingerprint density at radius 1 is 1.10 bits per heavy atom. The van der Waals surface area contributed by atoms with Gasteiger partial charge in [0.2, 0.25) is 0 Å². The van der Waals surface area contributed by atoms with Gasteiger partial charge in [-0.15, -0.1) is 0 Å². The molecule has 4 rings (SSSR count). The van der Waals surface area contributed by atoms with E-state index in [0.29, 0.717) is 36.2 Å². The van der Waals surface area contributed by atoms with E-state index in [1.807, 2.05) is 56.9 Å². The Kier molecular flexibility index (Phi) is 8.96. The van der Waals surface area contributed by atoms with Gasteiger partial charge in [0.05, 0.1) is 5.71 Å². The van der Waals surface area contributed by atoms with Gasteiger partial charge < -0.3 is 14.8 Å². The predicted molar refractivity (Wildman–Crippen MR) is 156 cm³/mol. The molecule has 1 fully saturated rings. The lowest BCUT2D eigenvalue weighted by molar-refractivity contribution is 0.0205. The fourth-order valence-corrected chi connectivity index (χ4v) is 5.52. The fourth-order valence-electron chi connectivity index (χ4n) is 5.29. The average Bonchev–Trinajstić information content (AvgIpc) is 2.89. The van der Waals surface area contributed by atoms with Crippen molar-refractivity contribution >= 4 is 23.4 Å². The molecule has 1 aliphatic rings. The molecule has 39 heavy (non-hydrogen) atoms. The summed E-state index contributed by atoms with van der Waals surface area (Å²) in [5, 5.41) is 14.4. The van der Waals surface area contributed by atoms with E-state index in [1.165, 1.54) is 5.56 Å². The van der Waals surface area contributed by atoms with Crippen LogP contribution in [0.4, 0.5) is 4.79 Å². The molecule has 0 bridgehead atoms. The highest BCUT2D eigenvalue weighted by atomic mass is 35.5. The van der Waals surface area contributed by atoms with E-state index in [4.69, 9.17) is 16.3 Å². The molecule has 2 heterocycles. The summed E-state index contributed by atoms with van der Waals surface area (Å²) >= 11 is 6.28. The minimum atomic E-state index is -0.487. The Morgan fingerprint density at radius 2 is 1.79 bits per heavy atom. The highest BCUT2D eigenvalue weighted by Crippen LogP contribution is 2.35. The fraction of sp³-hybridized carbons (Fsp3) is 0.406. The summed E-state index contributed by atoms with van der Waals surface area (Å²) < 4.78 is 5.55. The molecule has 0 saturated carbocycles. The van der Waals surface area contributed by atoms with Crippen molar-refractivity contribution in [2.75, 3.05) is 13.1 Å². The summed E-state index contributed by atoms with van der Waals surface area (Å²) in [5.41, 5.74) is 6.50. The number of aromatic nitrogens is 1. The van der Waals surface area contributed by atoms with E-state index < -0.39 is 5.60 Å². The van der Waals surface area contributed by atoms with Crippen LogP contribution < -0.4 is 0 Å². The molecule has 1 atom stereocenters. The Hall–Kier alpha value is -3.38. The molecule has 2 aromatic carbocycles. The van der Waals surface area contributed by atoms with Crippen molar-refractivity contribution in [1.82, 2.24) is 9.88 Å². The minimum absolute atomic E-state index is 0.0234. The number of hydrogen-bond acceptors (Lipinski definition) is 5. The summed E-state index contributed by atoms with van der Waals surface area (Å²) in [6.07, 6.45) is 3.84. The normalized spacial score (nSPS) is 15.7. The van der Waals surface area contributed by atoms with Gasteiger partial charge in [-0.05, 0) is 99.9 Å². The van der Waals surface area contributed by atoms with Crippen LogP contribution in [0.3, 0.4) is 0 Å². The predicted octanol–water partition coefficient (Wildman–Crippen LogP) is 7.87. The van der Waals surface area contributed by atoms with Gasteiger partial charge in [0, 0.05) is 47.9 Å². The number of piperidine rings is 1. The first-order valence-electron chi connectivity index (χ1n) is 13.5. The molecule has 0 unspecified atom stereocenters. The van der Waals surface area contributed by atoms with Crippen molar-refractivity contribution in [2.45, 2.75) is 71.3 Å².